The molecule has 20 heavy (non-hydrogen) atoms. The molecule has 10 heteroatoms. The summed E-state index contributed by atoms with van der Waals surface area (Å²) in [5.74, 6) is -1.36. The van der Waals surface area contributed by atoms with E-state index in [0.717, 1.165) is 0 Å². The molecule has 0 aromatic rings. The zero-order chi connectivity index (χ0) is 15.8. The molecule has 0 aromatic heterocycles. The van der Waals surface area contributed by atoms with Crippen LogP contribution < -0.4 is 10.5 Å². The quantitative estimate of drug-likeness (QED) is 0.477. The number of nitrogens with zero attached hydrogens (tertiary/aromatic N) is 1. The summed E-state index contributed by atoms with van der Waals surface area (Å²) < 4.78 is 30.9. The van der Waals surface area contributed by atoms with Crippen LogP contribution in [-0.2, 0) is 19.7 Å². The molecule has 0 aromatic carbocycles. The van der Waals surface area contributed by atoms with Crippen LogP contribution in [0.3, 0.4) is 0 Å². The van der Waals surface area contributed by atoms with Crippen LogP contribution in [0.5, 0.6) is 0 Å². The summed E-state index contributed by atoms with van der Waals surface area (Å²) in [6.07, 6.45) is 0.598. The lowest BCUT2D eigenvalue weighted by molar-refractivity contribution is -0.138. The van der Waals surface area contributed by atoms with Gasteiger partial charge in [-0.05, 0) is 6.42 Å². The third-order valence-electron chi connectivity index (χ3n) is 2.05. The van der Waals surface area contributed by atoms with Gasteiger partial charge in [0.1, 0.15) is 12.6 Å². The Labute approximate surface area is 117 Å². The van der Waals surface area contributed by atoms with Crippen molar-refractivity contribution in [2.45, 2.75) is 19.4 Å². The molecule has 0 saturated carbocycles. The Morgan fingerprint density at radius 2 is 2.15 bits per heavy atom. The summed E-state index contributed by atoms with van der Waals surface area (Å²) in [6.45, 7) is 4.24. The van der Waals surface area contributed by atoms with Gasteiger partial charge in [0.15, 0.2) is 0 Å². The lowest BCUT2D eigenvalue weighted by Gasteiger charge is -2.21. The molecule has 0 rings (SSSR count). The van der Waals surface area contributed by atoms with E-state index >= 15 is 0 Å². The maximum Gasteiger partial charge on any atom is 0.424 e. The van der Waals surface area contributed by atoms with Gasteiger partial charge in [-0.1, -0.05) is 19.6 Å². The van der Waals surface area contributed by atoms with Gasteiger partial charge in [-0.25, -0.2) is 4.79 Å². The average molecular weight is 309 g/mol. The Kier molecular flexibility index (Phi) is 7.80. The van der Waals surface area contributed by atoms with Crippen LogP contribution in [0.1, 0.15) is 13.3 Å². The minimum Gasteiger partial charge on any atom is -0.480 e. The number of hydrogen-bond acceptors (Lipinski definition) is 6. The minimum absolute atomic E-state index is 0.104. The summed E-state index contributed by atoms with van der Waals surface area (Å²) in [5, 5.41) is 8.57. The summed E-state index contributed by atoms with van der Waals surface area (Å²) >= 11 is 0. The van der Waals surface area contributed by atoms with E-state index in [4.69, 9.17) is 10.8 Å². The number of carboxylic acids is 1. The fraction of sp³-hybridized carbons (Fsp3) is 0.600. The van der Waals surface area contributed by atoms with Gasteiger partial charge in [-0.3, -0.25) is 4.79 Å². The monoisotopic (exact) mass is 309 g/mol. The van der Waals surface area contributed by atoms with Crippen molar-refractivity contribution in [1.82, 2.24) is 9.03 Å². The number of nitrogens with one attached hydrogen (secondary N) is 1. The first-order chi connectivity index (χ1) is 9.26. The standard InChI is InChI=1S/C10H19N3O6S/c1-3-5-13(10(16)19-6-4-2)20(17,18)12-7-8(11)9(14)15/h4,8,12H,2-3,5-7,11H2,1H3,(H,14,15)/t8-/m0/s1. The minimum atomic E-state index is -4.21. The number of hydrogen-bond donors (Lipinski definition) is 3. The Bertz CT molecular complexity index is 450. The van der Waals surface area contributed by atoms with Crippen molar-refractivity contribution in [2.75, 3.05) is 19.7 Å². The molecule has 4 N–H and O–H groups in total. The SMILES string of the molecule is C=CCOC(=O)N(CCC)S(=O)(=O)NC[C@H](N)C(=O)O. The van der Waals surface area contributed by atoms with Crippen molar-refractivity contribution >= 4 is 22.3 Å². The molecule has 0 fully saturated rings. The second kappa shape index (κ2) is 8.51. The zero-order valence-electron chi connectivity index (χ0n) is 11.1. The molecule has 0 aliphatic rings. The smallest absolute Gasteiger partial charge is 0.424 e. The van der Waals surface area contributed by atoms with Gasteiger partial charge in [-0.15, -0.1) is 0 Å². The molecule has 0 unspecified atom stereocenters. The van der Waals surface area contributed by atoms with Crippen molar-refractivity contribution in [3.05, 3.63) is 12.7 Å². The Hall–Kier alpha value is -1.65. The van der Waals surface area contributed by atoms with E-state index < -0.39 is 34.9 Å². The van der Waals surface area contributed by atoms with E-state index in [9.17, 15) is 18.0 Å². The number of nitrogens with two attached hydrogens (primary N) is 1. The van der Waals surface area contributed by atoms with E-state index in [1.807, 2.05) is 4.72 Å². The largest absolute Gasteiger partial charge is 0.480 e. The van der Waals surface area contributed by atoms with E-state index in [1.165, 1.54) is 6.08 Å². The topological polar surface area (TPSA) is 139 Å². The normalized spacial score (nSPS) is 12.5. The third-order valence-corrected chi connectivity index (χ3v) is 3.49. The number of amides is 1. The number of aliphatic carboxylic acids is 1. The first-order valence-electron chi connectivity index (χ1n) is 5.79. The Morgan fingerprint density at radius 3 is 2.60 bits per heavy atom. The van der Waals surface area contributed by atoms with Crippen molar-refractivity contribution in [1.29, 1.82) is 0 Å². The van der Waals surface area contributed by atoms with Crippen LogP contribution in [0, 0.1) is 0 Å². The summed E-state index contributed by atoms with van der Waals surface area (Å²) in [7, 11) is -4.21. The molecular formula is C10H19N3O6S. The molecule has 0 saturated heterocycles. The molecule has 0 radical (unpaired) electrons. The summed E-state index contributed by atoms with van der Waals surface area (Å²) in [5.41, 5.74) is 5.18. The van der Waals surface area contributed by atoms with Crippen LogP contribution in [0.25, 0.3) is 0 Å². The van der Waals surface area contributed by atoms with E-state index in [0.29, 0.717) is 10.7 Å². The van der Waals surface area contributed by atoms with Crippen molar-refractivity contribution < 1.29 is 27.9 Å². The molecular weight excluding hydrogens is 290 g/mol. The molecule has 9 nitrogen and oxygen atoms in total. The molecule has 116 valence electrons. The zero-order valence-corrected chi connectivity index (χ0v) is 11.9. The highest BCUT2D eigenvalue weighted by atomic mass is 32.2. The first-order valence-corrected chi connectivity index (χ1v) is 7.23. The van der Waals surface area contributed by atoms with Crippen LogP contribution in [0.15, 0.2) is 12.7 Å². The fourth-order valence-corrected chi connectivity index (χ4v) is 2.29. The van der Waals surface area contributed by atoms with Crippen LogP contribution in [-0.4, -0.2) is 55.6 Å². The average Bonchev–Trinajstić information content (AvgIpc) is 2.39. The molecule has 0 spiro atoms. The number of ether oxygens (including phenoxy) is 1. The maximum absolute atomic E-state index is 11.9. The van der Waals surface area contributed by atoms with E-state index in [1.54, 1.807) is 6.92 Å². The number of carbonyl (C=O) groups is 2. The van der Waals surface area contributed by atoms with Crippen molar-refractivity contribution in [3.8, 4) is 0 Å². The van der Waals surface area contributed by atoms with Gasteiger partial charge >= 0.3 is 22.3 Å². The van der Waals surface area contributed by atoms with E-state index in [2.05, 4.69) is 11.3 Å². The van der Waals surface area contributed by atoms with Gasteiger partial charge < -0.3 is 15.6 Å². The maximum atomic E-state index is 11.9. The van der Waals surface area contributed by atoms with Gasteiger partial charge in [0.2, 0.25) is 0 Å². The summed E-state index contributed by atoms with van der Waals surface area (Å²) in [6, 6.07) is -1.41. The van der Waals surface area contributed by atoms with Crippen molar-refractivity contribution in [3.63, 3.8) is 0 Å². The predicted octanol–water partition coefficient (Wildman–Crippen LogP) is -0.733. The van der Waals surface area contributed by atoms with Crippen molar-refractivity contribution in [2.24, 2.45) is 5.73 Å². The second-order valence-electron chi connectivity index (χ2n) is 3.74. The second-order valence-corrected chi connectivity index (χ2v) is 5.42. The highest BCUT2D eigenvalue weighted by molar-refractivity contribution is 7.87. The van der Waals surface area contributed by atoms with Crippen LogP contribution in [0.4, 0.5) is 4.79 Å². The number of carbonyl (C=O) groups excluding carboxylic acids is 1. The number of rotatable bonds is 9. The molecule has 0 aliphatic heterocycles. The molecule has 0 heterocycles. The lowest BCUT2D eigenvalue weighted by atomic mass is 10.3. The molecule has 1 atom stereocenters. The number of carboxylic acid groups (broad SMARTS) is 1. The predicted molar refractivity (Wildman–Crippen MR) is 71.1 cm³/mol. The highest BCUT2D eigenvalue weighted by Gasteiger charge is 2.28. The Balaban J connectivity index is 4.83. The summed E-state index contributed by atoms with van der Waals surface area (Å²) in [4.78, 5) is 22.1. The first kappa shape index (κ1) is 18.4. The fourth-order valence-electron chi connectivity index (χ4n) is 1.08. The van der Waals surface area contributed by atoms with Gasteiger partial charge in [0.25, 0.3) is 0 Å². The van der Waals surface area contributed by atoms with Gasteiger partial charge in [0.05, 0.1) is 0 Å². The van der Waals surface area contributed by atoms with Gasteiger partial charge in [-0.2, -0.15) is 17.4 Å². The Morgan fingerprint density at radius 1 is 1.55 bits per heavy atom. The van der Waals surface area contributed by atoms with Crippen LogP contribution >= 0.6 is 0 Å². The van der Waals surface area contributed by atoms with Crippen LogP contribution in [0.2, 0.25) is 0 Å². The highest BCUT2D eigenvalue weighted by Crippen LogP contribution is 2.03. The molecule has 0 aliphatic carbocycles. The lowest BCUT2D eigenvalue weighted by Crippen LogP contribution is -2.49. The molecule has 0 bridgehead atoms. The van der Waals surface area contributed by atoms with Gasteiger partial charge in [0, 0.05) is 13.1 Å². The third kappa shape index (κ3) is 5.99. The molecule has 1 amide bonds. The van der Waals surface area contributed by atoms with E-state index in [-0.39, 0.29) is 13.2 Å².